The molecule has 78 valence electrons. The van der Waals surface area contributed by atoms with Gasteiger partial charge >= 0.3 is 0 Å². The van der Waals surface area contributed by atoms with Crippen LogP contribution in [0.3, 0.4) is 0 Å². The number of rotatable bonds is 2. The van der Waals surface area contributed by atoms with E-state index in [4.69, 9.17) is 21.2 Å². The van der Waals surface area contributed by atoms with Crippen LogP contribution in [-0.2, 0) is 6.61 Å². The highest BCUT2D eigenvalue weighted by Gasteiger charge is 2.09. The summed E-state index contributed by atoms with van der Waals surface area (Å²) in [5.41, 5.74) is 1.05. The first kappa shape index (κ1) is 10.1. The van der Waals surface area contributed by atoms with Crippen LogP contribution < -0.4 is 0 Å². The van der Waals surface area contributed by atoms with Gasteiger partial charge in [-0.2, -0.15) is 0 Å². The Morgan fingerprint density at radius 2 is 2.20 bits per heavy atom. The fraction of sp³-hybridized carbons (Fsp3) is 0.100. The Kier molecular flexibility index (Phi) is 2.70. The lowest BCUT2D eigenvalue weighted by Crippen LogP contribution is -1.81. The summed E-state index contributed by atoms with van der Waals surface area (Å²) in [5.74, 6) is -0.0694. The summed E-state index contributed by atoms with van der Waals surface area (Å²) < 4.78 is 17.6. The Morgan fingerprint density at radius 3 is 2.80 bits per heavy atom. The molecule has 0 unspecified atom stereocenters. The number of aliphatic hydroxyl groups excluding tert-OH is 1. The van der Waals surface area contributed by atoms with E-state index in [1.54, 1.807) is 6.07 Å². The Bertz CT molecular complexity index is 484. The Labute approximate surface area is 90.1 Å². The molecule has 0 aliphatic rings. The monoisotopic (exact) mass is 227 g/mol. The van der Waals surface area contributed by atoms with Crippen molar-refractivity contribution in [3.05, 3.63) is 40.9 Å². The average Bonchev–Trinajstić information content (AvgIpc) is 2.66. The van der Waals surface area contributed by atoms with E-state index in [1.807, 2.05) is 0 Å². The lowest BCUT2D eigenvalue weighted by molar-refractivity contribution is 0.229. The van der Waals surface area contributed by atoms with Crippen LogP contribution in [0.2, 0.25) is 5.02 Å². The molecule has 0 amide bonds. The number of halogens is 2. The fourth-order valence-electron chi connectivity index (χ4n) is 1.21. The molecule has 3 nitrogen and oxygen atoms in total. The van der Waals surface area contributed by atoms with E-state index < -0.39 is 5.82 Å². The Balaban J connectivity index is 2.44. The zero-order valence-electron chi connectivity index (χ0n) is 7.58. The summed E-state index contributed by atoms with van der Waals surface area (Å²) in [7, 11) is 0. The van der Waals surface area contributed by atoms with Crippen LogP contribution in [0.1, 0.15) is 5.76 Å². The van der Waals surface area contributed by atoms with Gasteiger partial charge in [0.15, 0.2) is 5.76 Å². The maximum atomic E-state index is 12.8. The first-order chi connectivity index (χ1) is 7.20. The normalized spacial score (nSPS) is 10.6. The largest absolute Gasteiger partial charge is 0.388 e. The lowest BCUT2D eigenvalue weighted by atomic mass is 10.1. The van der Waals surface area contributed by atoms with Crippen molar-refractivity contribution in [2.75, 3.05) is 0 Å². The molecule has 0 radical (unpaired) electrons. The zero-order chi connectivity index (χ0) is 10.8. The second kappa shape index (κ2) is 4.00. The topological polar surface area (TPSA) is 46.3 Å². The molecule has 0 saturated carbocycles. The summed E-state index contributed by atoms with van der Waals surface area (Å²) in [5, 5.41) is 12.7. The van der Waals surface area contributed by atoms with Gasteiger partial charge in [0.25, 0.3) is 0 Å². The second-order valence-corrected chi connectivity index (χ2v) is 3.37. The lowest BCUT2D eigenvalue weighted by Gasteiger charge is -1.98. The minimum atomic E-state index is -0.408. The van der Waals surface area contributed by atoms with E-state index >= 15 is 0 Å². The zero-order valence-corrected chi connectivity index (χ0v) is 8.33. The summed E-state index contributed by atoms with van der Waals surface area (Å²) in [4.78, 5) is 0. The number of hydrogen-bond acceptors (Lipinski definition) is 3. The SMILES string of the molecule is OCc1cc(-c2ccc(F)cc2Cl)no1. The number of aromatic nitrogens is 1. The van der Waals surface area contributed by atoms with Gasteiger partial charge in [0, 0.05) is 11.6 Å². The van der Waals surface area contributed by atoms with Gasteiger partial charge in [-0.05, 0) is 18.2 Å². The molecule has 0 spiro atoms. The Morgan fingerprint density at radius 1 is 1.40 bits per heavy atom. The van der Waals surface area contributed by atoms with Crippen LogP contribution in [0, 0.1) is 5.82 Å². The summed E-state index contributed by atoms with van der Waals surface area (Å²) in [6, 6.07) is 5.55. The molecule has 1 N–H and O–H groups in total. The van der Waals surface area contributed by atoms with Crippen molar-refractivity contribution in [1.29, 1.82) is 0 Å². The molecule has 0 aliphatic carbocycles. The van der Waals surface area contributed by atoms with Crippen molar-refractivity contribution >= 4 is 11.6 Å². The average molecular weight is 228 g/mol. The van der Waals surface area contributed by atoms with Gasteiger partial charge in [0.05, 0.1) is 5.02 Å². The van der Waals surface area contributed by atoms with Gasteiger partial charge in [0.1, 0.15) is 18.1 Å². The van der Waals surface area contributed by atoms with E-state index in [2.05, 4.69) is 5.16 Å². The third-order valence-corrected chi connectivity index (χ3v) is 2.23. The van der Waals surface area contributed by atoms with Crippen LogP contribution in [-0.4, -0.2) is 10.3 Å². The molecule has 0 atom stereocenters. The van der Waals surface area contributed by atoms with Crippen molar-refractivity contribution in [1.82, 2.24) is 5.16 Å². The van der Waals surface area contributed by atoms with E-state index in [9.17, 15) is 4.39 Å². The minimum absolute atomic E-state index is 0.230. The van der Waals surface area contributed by atoms with Crippen molar-refractivity contribution in [2.45, 2.75) is 6.61 Å². The highest BCUT2D eigenvalue weighted by Crippen LogP contribution is 2.27. The highest BCUT2D eigenvalue weighted by atomic mass is 35.5. The molecular weight excluding hydrogens is 221 g/mol. The van der Waals surface area contributed by atoms with Crippen LogP contribution >= 0.6 is 11.6 Å². The first-order valence-electron chi connectivity index (χ1n) is 4.22. The smallest absolute Gasteiger partial charge is 0.162 e. The second-order valence-electron chi connectivity index (χ2n) is 2.96. The molecule has 2 rings (SSSR count). The fourth-order valence-corrected chi connectivity index (χ4v) is 1.48. The number of aliphatic hydroxyl groups is 1. The molecular formula is C10H7ClFNO2. The maximum Gasteiger partial charge on any atom is 0.162 e. The van der Waals surface area contributed by atoms with Crippen molar-refractivity contribution < 1.29 is 14.0 Å². The van der Waals surface area contributed by atoms with Gasteiger partial charge in [-0.15, -0.1) is 0 Å². The quantitative estimate of drug-likeness (QED) is 0.858. The third kappa shape index (κ3) is 2.00. The summed E-state index contributed by atoms with van der Waals surface area (Å²) >= 11 is 5.83. The summed E-state index contributed by atoms with van der Waals surface area (Å²) in [6.45, 7) is -0.230. The number of hydrogen-bond donors (Lipinski definition) is 1. The van der Waals surface area contributed by atoms with Crippen LogP contribution in [0.15, 0.2) is 28.8 Å². The molecule has 2 aromatic rings. The number of benzene rings is 1. The highest BCUT2D eigenvalue weighted by molar-refractivity contribution is 6.33. The van der Waals surface area contributed by atoms with E-state index in [1.165, 1.54) is 18.2 Å². The predicted molar refractivity (Wildman–Crippen MR) is 52.8 cm³/mol. The molecule has 1 heterocycles. The molecule has 1 aromatic heterocycles. The first-order valence-corrected chi connectivity index (χ1v) is 4.60. The van der Waals surface area contributed by atoms with Gasteiger partial charge in [0.2, 0.25) is 0 Å². The van der Waals surface area contributed by atoms with E-state index in [-0.39, 0.29) is 11.6 Å². The molecule has 0 saturated heterocycles. The van der Waals surface area contributed by atoms with Gasteiger partial charge in [-0.25, -0.2) is 4.39 Å². The third-order valence-electron chi connectivity index (χ3n) is 1.92. The molecule has 5 heteroatoms. The van der Waals surface area contributed by atoms with Crippen molar-refractivity contribution in [3.8, 4) is 11.3 Å². The van der Waals surface area contributed by atoms with Gasteiger partial charge < -0.3 is 9.63 Å². The minimum Gasteiger partial charge on any atom is -0.388 e. The Hall–Kier alpha value is -1.39. The van der Waals surface area contributed by atoms with Crippen LogP contribution in [0.25, 0.3) is 11.3 Å². The van der Waals surface area contributed by atoms with Crippen molar-refractivity contribution in [3.63, 3.8) is 0 Å². The number of nitrogens with zero attached hydrogens (tertiary/aromatic N) is 1. The molecule has 1 aromatic carbocycles. The predicted octanol–water partition coefficient (Wildman–Crippen LogP) is 2.63. The van der Waals surface area contributed by atoms with E-state index in [0.717, 1.165) is 0 Å². The van der Waals surface area contributed by atoms with Crippen LogP contribution in [0.5, 0.6) is 0 Å². The maximum absolute atomic E-state index is 12.8. The van der Waals surface area contributed by atoms with Crippen molar-refractivity contribution in [2.24, 2.45) is 0 Å². The van der Waals surface area contributed by atoms with E-state index in [0.29, 0.717) is 17.0 Å². The molecule has 0 fully saturated rings. The van der Waals surface area contributed by atoms with Gasteiger partial charge in [-0.1, -0.05) is 16.8 Å². The summed E-state index contributed by atoms with van der Waals surface area (Å²) in [6.07, 6.45) is 0. The molecule has 15 heavy (non-hydrogen) atoms. The molecule has 0 bridgehead atoms. The van der Waals surface area contributed by atoms with Gasteiger partial charge in [-0.3, -0.25) is 0 Å². The standard InChI is InChI=1S/C10H7ClFNO2/c11-9-3-6(12)1-2-8(9)10-4-7(5-14)15-13-10/h1-4,14H,5H2. The molecule has 0 aliphatic heterocycles. The van der Waals surface area contributed by atoms with Crippen LogP contribution in [0.4, 0.5) is 4.39 Å².